The lowest BCUT2D eigenvalue weighted by molar-refractivity contribution is 0.0570. The van der Waals surface area contributed by atoms with Gasteiger partial charge in [0.1, 0.15) is 5.69 Å². The third-order valence-electron chi connectivity index (χ3n) is 6.24. The van der Waals surface area contributed by atoms with Crippen molar-refractivity contribution in [1.29, 1.82) is 0 Å². The molecule has 3 aromatic rings. The Balaban J connectivity index is 1.40. The molecule has 30 heavy (non-hydrogen) atoms. The van der Waals surface area contributed by atoms with Crippen LogP contribution in [0.3, 0.4) is 0 Å². The molecule has 1 aromatic carbocycles. The molecule has 6 heteroatoms. The van der Waals surface area contributed by atoms with Gasteiger partial charge in [-0.2, -0.15) is 0 Å². The number of nitrogens with zero attached hydrogens (tertiary/aromatic N) is 3. The summed E-state index contributed by atoms with van der Waals surface area (Å²) in [4.78, 5) is 26.0. The summed E-state index contributed by atoms with van der Waals surface area (Å²) >= 11 is 7.57. The molecule has 3 heterocycles. The molecule has 1 amide bonds. The van der Waals surface area contributed by atoms with Gasteiger partial charge in [-0.05, 0) is 62.6 Å². The Morgan fingerprint density at radius 2 is 2.03 bits per heavy atom. The number of hydrogen-bond donors (Lipinski definition) is 0. The highest BCUT2D eigenvalue weighted by Gasteiger charge is 2.50. The Morgan fingerprint density at radius 1 is 1.20 bits per heavy atom. The van der Waals surface area contributed by atoms with E-state index in [0.29, 0.717) is 22.7 Å². The molecule has 0 radical (unpaired) electrons. The zero-order valence-electron chi connectivity index (χ0n) is 16.9. The first-order valence-corrected chi connectivity index (χ1v) is 11.8. The first-order valence-electron chi connectivity index (χ1n) is 10.6. The monoisotopic (exact) mass is 437 g/mol. The van der Waals surface area contributed by atoms with E-state index in [0.717, 1.165) is 46.8 Å². The van der Waals surface area contributed by atoms with Gasteiger partial charge in [-0.1, -0.05) is 41.9 Å². The number of fused-ring (bicyclic) bond motifs is 1. The van der Waals surface area contributed by atoms with Crippen LogP contribution >= 0.6 is 22.9 Å². The van der Waals surface area contributed by atoms with Gasteiger partial charge in [-0.3, -0.25) is 9.78 Å². The molecule has 0 bridgehead atoms. The number of hydrogen-bond acceptors (Lipinski definition) is 4. The number of rotatable bonds is 5. The van der Waals surface area contributed by atoms with Gasteiger partial charge < -0.3 is 4.90 Å². The number of carbonyl (C=O) groups excluding carboxylic acids is 1. The van der Waals surface area contributed by atoms with E-state index in [-0.39, 0.29) is 11.9 Å². The molecule has 2 aliphatic rings. The van der Waals surface area contributed by atoms with E-state index in [1.807, 2.05) is 37.3 Å². The second kappa shape index (κ2) is 8.12. The van der Waals surface area contributed by atoms with Gasteiger partial charge in [0, 0.05) is 24.0 Å². The number of halogens is 1. The largest absolute Gasteiger partial charge is 0.331 e. The van der Waals surface area contributed by atoms with E-state index in [1.54, 1.807) is 17.5 Å². The van der Waals surface area contributed by atoms with Gasteiger partial charge in [0.2, 0.25) is 0 Å². The third-order valence-corrected chi connectivity index (χ3v) is 7.48. The van der Waals surface area contributed by atoms with Crippen LogP contribution in [0.1, 0.15) is 46.9 Å². The number of benzene rings is 1. The maximum absolute atomic E-state index is 13.7. The number of aryl methyl sites for hydroxylation is 2. The van der Waals surface area contributed by atoms with E-state index >= 15 is 0 Å². The van der Waals surface area contributed by atoms with Gasteiger partial charge in [0.05, 0.1) is 14.9 Å². The maximum Gasteiger partial charge on any atom is 0.274 e. The molecule has 3 atom stereocenters. The van der Waals surface area contributed by atoms with Crippen LogP contribution in [-0.2, 0) is 6.42 Å². The number of piperidine rings is 1. The van der Waals surface area contributed by atoms with Gasteiger partial charge in [0.25, 0.3) is 5.91 Å². The standard InChI is InChI=1S/C24H24ClN3OS/c1-15-27-22(23(30-15)16-5-3-2-4-6-16)24(29)28-20(11-7-17-13-21(17)28)12-10-19-9-8-18(25)14-26-19/h2-6,8-9,14,17,20-21H,7,10-13H2,1H3/t17?,20-,21?/m0/s1. The molecule has 4 nitrogen and oxygen atoms in total. The fraction of sp³-hybridized carbons (Fsp3) is 0.375. The molecule has 5 rings (SSSR count). The minimum Gasteiger partial charge on any atom is -0.331 e. The van der Waals surface area contributed by atoms with Crippen LogP contribution in [0.2, 0.25) is 5.02 Å². The normalized spacial score (nSPS) is 22.6. The topological polar surface area (TPSA) is 46.1 Å². The minimum absolute atomic E-state index is 0.0967. The summed E-state index contributed by atoms with van der Waals surface area (Å²) in [6, 6.07) is 14.6. The van der Waals surface area contributed by atoms with Crippen molar-refractivity contribution in [3.05, 3.63) is 70.1 Å². The van der Waals surface area contributed by atoms with Crippen LogP contribution in [-0.4, -0.2) is 32.9 Å². The molecule has 0 N–H and O–H groups in total. The fourth-order valence-electron chi connectivity index (χ4n) is 4.65. The van der Waals surface area contributed by atoms with E-state index in [2.05, 4.69) is 27.0 Å². The van der Waals surface area contributed by atoms with Crippen LogP contribution < -0.4 is 0 Å². The fourth-order valence-corrected chi connectivity index (χ4v) is 5.67. The highest BCUT2D eigenvalue weighted by Crippen LogP contribution is 2.47. The zero-order chi connectivity index (χ0) is 20.7. The smallest absolute Gasteiger partial charge is 0.274 e. The number of aromatic nitrogens is 2. The van der Waals surface area contributed by atoms with Gasteiger partial charge in [-0.15, -0.1) is 11.3 Å². The van der Waals surface area contributed by atoms with Crippen LogP contribution in [0.4, 0.5) is 0 Å². The van der Waals surface area contributed by atoms with Gasteiger partial charge in [-0.25, -0.2) is 4.98 Å². The number of pyridine rings is 1. The zero-order valence-corrected chi connectivity index (χ0v) is 18.5. The van der Waals surface area contributed by atoms with Crippen molar-refractivity contribution in [1.82, 2.24) is 14.9 Å². The summed E-state index contributed by atoms with van der Waals surface area (Å²) < 4.78 is 0. The van der Waals surface area contributed by atoms with E-state index in [9.17, 15) is 4.79 Å². The van der Waals surface area contributed by atoms with E-state index in [4.69, 9.17) is 11.6 Å². The van der Waals surface area contributed by atoms with Crippen LogP contribution in [0.5, 0.6) is 0 Å². The maximum atomic E-state index is 13.7. The summed E-state index contributed by atoms with van der Waals surface area (Å²) in [6.45, 7) is 1.98. The molecule has 2 unspecified atom stereocenters. The Bertz CT molecular complexity index is 1050. The number of likely N-dealkylation sites (tertiary alicyclic amines) is 1. The molecular weight excluding hydrogens is 414 g/mol. The van der Waals surface area contributed by atoms with Crippen molar-refractivity contribution in [3.63, 3.8) is 0 Å². The third kappa shape index (κ3) is 3.88. The predicted octanol–water partition coefficient (Wildman–Crippen LogP) is 5.79. The predicted molar refractivity (Wildman–Crippen MR) is 121 cm³/mol. The molecule has 0 spiro atoms. The van der Waals surface area contributed by atoms with Crippen molar-refractivity contribution in [2.75, 3.05) is 0 Å². The Kier molecular flexibility index (Phi) is 5.34. The molecular formula is C24H24ClN3OS. The van der Waals surface area contributed by atoms with Gasteiger partial charge in [0.15, 0.2) is 0 Å². The van der Waals surface area contributed by atoms with E-state index in [1.165, 1.54) is 6.42 Å². The first kappa shape index (κ1) is 19.7. The lowest BCUT2D eigenvalue weighted by Crippen LogP contribution is -2.45. The lowest BCUT2D eigenvalue weighted by Gasteiger charge is -2.35. The number of amides is 1. The quantitative estimate of drug-likeness (QED) is 0.507. The van der Waals surface area contributed by atoms with Crippen molar-refractivity contribution < 1.29 is 4.79 Å². The highest BCUT2D eigenvalue weighted by molar-refractivity contribution is 7.15. The molecule has 1 saturated heterocycles. The SMILES string of the molecule is Cc1nc(C(=O)N2C3CC3CC[C@H]2CCc2ccc(Cl)cn2)c(-c2ccccc2)s1. The van der Waals surface area contributed by atoms with Crippen molar-refractivity contribution >= 4 is 28.8 Å². The second-order valence-corrected chi connectivity index (χ2v) is 9.93. The summed E-state index contributed by atoms with van der Waals surface area (Å²) in [5.74, 6) is 0.762. The summed E-state index contributed by atoms with van der Waals surface area (Å²) in [5.41, 5.74) is 2.71. The minimum atomic E-state index is 0.0967. The van der Waals surface area contributed by atoms with Crippen molar-refractivity contribution in [2.24, 2.45) is 5.92 Å². The Hall–Kier alpha value is -2.24. The van der Waals surface area contributed by atoms with Crippen LogP contribution in [0.15, 0.2) is 48.7 Å². The molecule has 1 aliphatic heterocycles. The average molecular weight is 438 g/mol. The summed E-state index contributed by atoms with van der Waals surface area (Å²) in [5, 5.41) is 1.59. The van der Waals surface area contributed by atoms with Crippen LogP contribution in [0, 0.1) is 12.8 Å². The number of thiazole rings is 1. The van der Waals surface area contributed by atoms with Crippen molar-refractivity contribution in [3.8, 4) is 10.4 Å². The lowest BCUT2D eigenvalue weighted by atomic mass is 9.96. The van der Waals surface area contributed by atoms with Crippen molar-refractivity contribution in [2.45, 2.75) is 51.1 Å². The molecule has 2 fully saturated rings. The highest BCUT2D eigenvalue weighted by atomic mass is 35.5. The second-order valence-electron chi connectivity index (χ2n) is 8.29. The van der Waals surface area contributed by atoms with Crippen LogP contribution in [0.25, 0.3) is 10.4 Å². The molecule has 1 aliphatic carbocycles. The number of carbonyl (C=O) groups is 1. The average Bonchev–Trinajstić information content (AvgIpc) is 3.45. The summed E-state index contributed by atoms with van der Waals surface area (Å²) in [7, 11) is 0. The summed E-state index contributed by atoms with van der Waals surface area (Å²) in [6.07, 6.45) is 6.88. The van der Waals surface area contributed by atoms with Gasteiger partial charge >= 0.3 is 0 Å². The molecule has 2 aromatic heterocycles. The molecule has 154 valence electrons. The first-order chi connectivity index (χ1) is 14.6. The van der Waals surface area contributed by atoms with E-state index < -0.39 is 0 Å². The molecule has 1 saturated carbocycles. The Labute approximate surface area is 185 Å². The Morgan fingerprint density at radius 3 is 2.80 bits per heavy atom.